The summed E-state index contributed by atoms with van der Waals surface area (Å²) in [5.41, 5.74) is 10.6. The van der Waals surface area contributed by atoms with E-state index in [9.17, 15) is 19.2 Å². The van der Waals surface area contributed by atoms with E-state index in [0.717, 1.165) is 5.56 Å². The number of benzene rings is 1. The lowest BCUT2D eigenvalue weighted by atomic mass is 9.84. The molecule has 0 aromatic heterocycles. The molecular formula is C31H44N6O5S3. The molecule has 0 radical (unpaired) electrons. The number of guanidine groups is 1. The monoisotopic (exact) mass is 676 g/mol. The average molecular weight is 677 g/mol. The highest BCUT2D eigenvalue weighted by Gasteiger charge is 2.46. The standard InChI is InChI=1S/C31H44N6O5S3/c1-30(34-3,14-13-23(38)12-8-18-42-19-17-37-25(39)20-24(44-4)26(37)40)21-31(2,28(41)35-15-9-16-36-29(32)33)45-27(43)22-10-6-5-7-11-22/h5-7,10-11,24H,8-9,12-21H2,1-2,4H3,(H,35,41)(H4,32,33,36). The van der Waals surface area contributed by atoms with E-state index >= 15 is 0 Å². The number of carbonyl (C=O) groups excluding carboxylic acids is 4. The Morgan fingerprint density at radius 3 is 2.51 bits per heavy atom. The lowest BCUT2D eigenvalue weighted by molar-refractivity contribution is -0.139. The van der Waals surface area contributed by atoms with E-state index in [1.165, 1.54) is 28.4 Å². The van der Waals surface area contributed by atoms with Gasteiger partial charge in [-0.25, -0.2) is 6.57 Å². The third-order valence-corrected chi connectivity index (χ3v) is 9.97. The van der Waals surface area contributed by atoms with Crippen LogP contribution in [0.2, 0.25) is 0 Å². The minimum atomic E-state index is -1.08. The number of hydrogen-bond donors (Lipinski definition) is 3. The predicted molar refractivity (Wildman–Crippen MR) is 185 cm³/mol. The number of thioether (sulfide) groups is 2. The summed E-state index contributed by atoms with van der Waals surface area (Å²) < 4.78 is 5.04. The highest BCUT2D eigenvalue weighted by Crippen LogP contribution is 2.40. The Kier molecular flexibility index (Phi) is 16.0. The molecule has 1 aromatic carbocycles. The average Bonchev–Trinajstić information content (AvgIpc) is 3.29. The van der Waals surface area contributed by atoms with Gasteiger partial charge in [-0.05, 0) is 31.6 Å². The molecule has 0 spiro atoms. The van der Waals surface area contributed by atoms with Crippen molar-refractivity contribution in [2.24, 2.45) is 16.5 Å². The highest BCUT2D eigenvalue weighted by molar-refractivity contribution is 8.25. The molecule has 2 rings (SSSR count). The Balaban J connectivity index is 1.90. The Bertz CT molecular complexity index is 1270. The number of Topliss-reactive ketones (excluding diaryl/α,β-unsaturated/α-hetero) is 1. The van der Waals surface area contributed by atoms with Crippen LogP contribution in [0, 0.1) is 6.57 Å². The smallest absolute Gasteiger partial charge is 0.242 e. The second-order valence-electron chi connectivity index (χ2n) is 11.3. The topological polar surface area (TPSA) is 162 Å². The molecule has 1 aliphatic heterocycles. The van der Waals surface area contributed by atoms with Gasteiger partial charge in [-0.1, -0.05) is 54.3 Å². The van der Waals surface area contributed by atoms with E-state index in [-0.39, 0.29) is 80.0 Å². The maximum absolute atomic E-state index is 13.5. The van der Waals surface area contributed by atoms with Crippen LogP contribution in [0.15, 0.2) is 35.3 Å². The van der Waals surface area contributed by atoms with Crippen LogP contribution in [-0.2, 0) is 23.9 Å². The van der Waals surface area contributed by atoms with Crippen molar-refractivity contribution >= 4 is 69.4 Å². The Morgan fingerprint density at radius 1 is 1.18 bits per heavy atom. The third kappa shape index (κ3) is 12.7. The number of likely N-dealkylation sites (tertiary alicyclic amines) is 1. The first-order chi connectivity index (χ1) is 21.3. The van der Waals surface area contributed by atoms with E-state index in [0.29, 0.717) is 36.7 Å². The first kappa shape index (κ1) is 38.2. The minimum absolute atomic E-state index is 0.000434. The normalized spacial score (nSPS) is 17.2. The fraction of sp³-hybridized carbons (Fsp3) is 0.581. The summed E-state index contributed by atoms with van der Waals surface area (Å²) >= 11 is 8.31. The van der Waals surface area contributed by atoms with Crippen molar-refractivity contribution in [3.63, 3.8) is 0 Å². The Morgan fingerprint density at radius 2 is 1.89 bits per heavy atom. The van der Waals surface area contributed by atoms with Gasteiger partial charge in [0.15, 0.2) is 5.96 Å². The molecule has 11 nitrogen and oxygen atoms in total. The summed E-state index contributed by atoms with van der Waals surface area (Å²) in [4.78, 5) is 59.5. The largest absolute Gasteiger partial charge is 0.380 e. The first-order valence-corrected chi connectivity index (χ1v) is 17.3. The number of nitrogens with one attached hydrogen (secondary N) is 1. The van der Waals surface area contributed by atoms with Crippen LogP contribution in [0.3, 0.4) is 0 Å². The van der Waals surface area contributed by atoms with Gasteiger partial charge < -0.3 is 26.4 Å². The predicted octanol–water partition coefficient (Wildman–Crippen LogP) is 3.34. The highest BCUT2D eigenvalue weighted by atomic mass is 32.2. The summed E-state index contributed by atoms with van der Waals surface area (Å²) in [5.74, 6) is -0.625. The molecule has 45 heavy (non-hydrogen) atoms. The maximum atomic E-state index is 13.5. The number of ketones is 1. The summed E-state index contributed by atoms with van der Waals surface area (Å²) in [6, 6.07) is 9.40. The van der Waals surface area contributed by atoms with Gasteiger partial charge in [-0.2, -0.15) is 11.8 Å². The van der Waals surface area contributed by atoms with E-state index in [1.54, 1.807) is 13.8 Å². The molecule has 1 saturated heterocycles. The molecule has 3 amide bonds. The molecule has 1 aromatic rings. The Hall–Kier alpha value is -2.99. The number of aliphatic imine (C=N–C) groups is 1. The molecule has 0 aliphatic carbocycles. The second kappa shape index (κ2) is 18.9. The van der Waals surface area contributed by atoms with Crippen molar-refractivity contribution in [1.29, 1.82) is 0 Å². The summed E-state index contributed by atoms with van der Waals surface area (Å²) in [6.45, 7) is 13.0. The number of nitrogens with zero attached hydrogens (tertiary/aromatic N) is 3. The van der Waals surface area contributed by atoms with Gasteiger partial charge in [0.25, 0.3) is 0 Å². The van der Waals surface area contributed by atoms with Crippen LogP contribution in [0.25, 0.3) is 4.85 Å². The molecule has 14 heteroatoms. The van der Waals surface area contributed by atoms with Gasteiger partial charge in [-0.3, -0.25) is 29.1 Å². The van der Waals surface area contributed by atoms with Crippen LogP contribution in [0.4, 0.5) is 0 Å². The van der Waals surface area contributed by atoms with E-state index in [1.807, 2.05) is 36.6 Å². The SMILES string of the molecule is [C-]#[N+]C(C)(CCC(=O)CCCOCCN1C(=O)CC(SC)C1=O)CC(C)(SC(=S)c1ccccc1)C(=O)NCCCN=C(N)N. The second-order valence-corrected chi connectivity index (χ2v) is 14.5. The van der Waals surface area contributed by atoms with Crippen molar-refractivity contribution in [3.8, 4) is 0 Å². The van der Waals surface area contributed by atoms with Crippen molar-refractivity contribution in [2.75, 3.05) is 39.1 Å². The number of rotatable bonds is 20. The fourth-order valence-corrected chi connectivity index (χ4v) is 7.36. The molecule has 3 unspecified atom stereocenters. The number of hydrogen-bond acceptors (Lipinski definition) is 9. The number of thiocarbonyl (C=S) groups is 1. The molecule has 5 N–H and O–H groups in total. The zero-order valence-electron chi connectivity index (χ0n) is 26.2. The third-order valence-electron chi connectivity index (χ3n) is 7.34. The zero-order valence-corrected chi connectivity index (χ0v) is 28.7. The van der Waals surface area contributed by atoms with Crippen molar-refractivity contribution < 1.29 is 23.9 Å². The van der Waals surface area contributed by atoms with Gasteiger partial charge in [0.2, 0.25) is 23.3 Å². The number of amides is 3. The fourth-order valence-electron chi connectivity index (χ4n) is 4.82. The van der Waals surface area contributed by atoms with Gasteiger partial charge in [0, 0.05) is 58.7 Å². The summed E-state index contributed by atoms with van der Waals surface area (Å²) in [7, 11) is 0. The first-order valence-electron chi connectivity index (χ1n) is 14.8. The molecule has 246 valence electrons. The lowest BCUT2D eigenvalue weighted by Gasteiger charge is -2.32. The Labute approximate surface area is 279 Å². The number of imide groups is 1. The molecule has 1 aliphatic rings. The van der Waals surface area contributed by atoms with E-state index in [4.69, 9.17) is 35.0 Å². The molecule has 3 atom stereocenters. The minimum Gasteiger partial charge on any atom is -0.380 e. The number of nitrogens with two attached hydrogens (primary N) is 2. The van der Waals surface area contributed by atoms with E-state index < -0.39 is 10.3 Å². The van der Waals surface area contributed by atoms with Crippen molar-refractivity contribution in [3.05, 3.63) is 47.3 Å². The van der Waals surface area contributed by atoms with E-state index in [2.05, 4.69) is 15.2 Å². The maximum Gasteiger partial charge on any atom is 0.242 e. The van der Waals surface area contributed by atoms with Gasteiger partial charge in [0.05, 0.1) is 22.6 Å². The van der Waals surface area contributed by atoms with Crippen molar-refractivity contribution in [1.82, 2.24) is 10.2 Å². The van der Waals surface area contributed by atoms with Gasteiger partial charge in [-0.15, -0.1) is 0 Å². The number of ether oxygens (including phenoxy) is 1. The lowest BCUT2D eigenvalue weighted by Crippen LogP contribution is -2.47. The van der Waals surface area contributed by atoms with Crippen LogP contribution in [0.5, 0.6) is 0 Å². The van der Waals surface area contributed by atoms with Crippen LogP contribution in [0.1, 0.15) is 64.4 Å². The molecule has 0 bridgehead atoms. The van der Waals surface area contributed by atoms with Crippen LogP contribution < -0.4 is 16.8 Å². The molecule has 1 fully saturated rings. The summed E-state index contributed by atoms with van der Waals surface area (Å²) in [5, 5.41) is 2.63. The van der Waals surface area contributed by atoms with Crippen LogP contribution >= 0.6 is 35.7 Å². The molecular weight excluding hydrogens is 633 g/mol. The molecule has 0 saturated carbocycles. The number of carbonyl (C=O) groups is 4. The van der Waals surface area contributed by atoms with Gasteiger partial charge in [0.1, 0.15) is 10.5 Å². The van der Waals surface area contributed by atoms with Gasteiger partial charge >= 0.3 is 0 Å². The molecule has 1 heterocycles. The summed E-state index contributed by atoms with van der Waals surface area (Å²) in [6.07, 6.45) is 4.01. The van der Waals surface area contributed by atoms with Crippen LogP contribution in [-0.4, -0.2) is 93.2 Å². The zero-order chi connectivity index (χ0) is 33.5. The quantitative estimate of drug-likeness (QED) is 0.0467. The van der Waals surface area contributed by atoms with Crippen molar-refractivity contribution in [2.45, 2.75) is 74.3 Å².